The number of nitrogens with one attached hydrogen (secondary N) is 1. The molecule has 0 bridgehead atoms. The zero-order chi connectivity index (χ0) is 12.6. The van der Waals surface area contributed by atoms with E-state index in [0.717, 1.165) is 5.56 Å². The van der Waals surface area contributed by atoms with Crippen LogP contribution in [0.25, 0.3) is 5.69 Å². The number of hydrogen-bond acceptors (Lipinski definition) is 3. The Hall–Kier alpha value is -2.30. The van der Waals surface area contributed by atoms with Crippen molar-refractivity contribution in [3.8, 4) is 11.6 Å². The molecule has 2 aromatic rings. The first-order valence-electron chi connectivity index (χ1n) is 5.12. The molecule has 5 nitrogen and oxygen atoms in total. The van der Waals surface area contributed by atoms with Gasteiger partial charge >= 0.3 is 0 Å². The molecule has 88 valence electrons. The van der Waals surface area contributed by atoms with Crippen LogP contribution in [0.15, 0.2) is 29.1 Å². The first-order chi connectivity index (χ1) is 8.00. The average Bonchev–Trinajstić information content (AvgIpc) is 2.54. The molecule has 1 heterocycles. The minimum absolute atomic E-state index is 0.216. The van der Waals surface area contributed by atoms with E-state index in [-0.39, 0.29) is 11.4 Å². The number of aryl methyl sites for hydroxylation is 1. The van der Waals surface area contributed by atoms with Crippen molar-refractivity contribution in [3.63, 3.8) is 0 Å². The average molecular weight is 232 g/mol. The van der Waals surface area contributed by atoms with Gasteiger partial charge in [0.15, 0.2) is 5.78 Å². The van der Waals surface area contributed by atoms with Crippen molar-refractivity contribution in [2.24, 2.45) is 0 Å². The quantitative estimate of drug-likeness (QED) is 0.768. The van der Waals surface area contributed by atoms with Crippen LogP contribution in [-0.4, -0.2) is 20.7 Å². The molecule has 0 saturated carbocycles. The SMILES string of the molecule is CC(=O)c1c(O)n(-c2cccc(C)c2)[nH]c1=O. The van der Waals surface area contributed by atoms with E-state index >= 15 is 0 Å². The fourth-order valence-corrected chi connectivity index (χ4v) is 1.69. The van der Waals surface area contributed by atoms with Crippen molar-refractivity contribution >= 4 is 5.78 Å². The molecule has 5 heteroatoms. The Morgan fingerprint density at radius 2 is 2.12 bits per heavy atom. The molecule has 0 aliphatic carbocycles. The molecular formula is C12H12N2O3. The zero-order valence-corrected chi connectivity index (χ0v) is 9.52. The smallest absolute Gasteiger partial charge is 0.279 e. The van der Waals surface area contributed by atoms with Crippen LogP contribution in [-0.2, 0) is 0 Å². The number of carbonyl (C=O) groups excluding carboxylic acids is 1. The Bertz CT molecular complexity index is 637. The lowest BCUT2D eigenvalue weighted by Gasteiger charge is -2.04. The highest BCUT2D eigenvalue weighted by Crippen LogP contribution is 2.19. The third kappa shape index (κ3) is 1.87. The lowest BCUT2D eigenvalue weighted by atomic mass is 10.2. The van der Waals surface area contributed by atoms with Crippen molar-refractivity contribution < 1.29 is 9.90 Å². The summed E-state index contributed by atoms with van der Waals surface area (Å²) in [4.78, 5) is 22.7. The minimum Gasteiger partial charge on any atom is -0.493 e. The van der Waals surface area contributed by atoms with E-state index < -0.39 is 11.3 Å². The number of hydrogen-bond donors (Lipinski definition) is 2. The highest BCUT2D eigenvalue weighted by atomic mass is 16.3. The standard InChI is InChI=1S/C12H12N2O3/c1-7-4-3-5-9(6-7)14-12(17)10(8(2)15)11(16)13-14/h3-6,17H,1-2H3,(H,13,16). The number of Topliss-reactive ketones (excluding diaryl/α,β-unsaturated/α-hetero) is 1. The summed E-state index contributed by atoms with van der Waals surface area (Å²) in [6.45, 7) is 3.14. The summed E-state index contributed by atoms with van der Waals surface area (Å²) < 4.78 is 1.20. The van der Waals surface area contributed by atoms with Gasteiger partial charge in [-0.25, -0.2) is 4.68 Å². The molecule has 17 heavy (non-hydrogen) atoms. The molecule has 0 atom stereocenters. The molecule has 0 aliphatic heterocycles. The van der Waals surface area contributed by atoms with Gasteiger partial charge in [-0.1, -0.05) is 12.1 Å². The molecule has 0 spiro atoms. The van der Waals surface area contributed by atoms with Crippen LogP contribution >= 0.6 is 0 Å². The third-order valence-corrected chi connectivity index (χ3v) is 2.49. The van der Waals surface area contributed by atoms with Crippen molar-refractivity contribution in [1.82, 2.24) is 9.78 Å². The fraction of sp³-hybridized carbons (Fsp3) is 0.167. The van der Waals surface area contributed by atoms with Crippen LogP contribution in [0.1, 0.15) is 22.8 Å². The molecule has 2 rings (SSSR count). The second-order valence-electron chi connectivity index (χ2n) is 3.87. The number of aromatic nitrogens is 2. The monoisotopic (exact) mass is 232 g/mol. The van der Waals surface area contributed by atoms with E-state index in [1.165, 1.54) is 11.6 Å². The number of carbonyl (C=O) groups is 1. The van der Waals surface area contributed by atoms with Crippen LogP contribution in [0.4, 0.5) is 0 Å². The van der Waals surface area contributed by atoms with Gasteiger partial charge in [0.2, 0.25) is 5.88 Å². The summed E-state index contributed by atoms with van der Waals surface area (Å²) in [5, 5.41) is 12.3. The van der Waals surface area contributed by atoms with Crippen LogP contribution in [0.5, 0.6) is 5.88 Å². The maximum atomic E-state index is 11.5. The highest BCUT2D eigenvalue weighted by Gasteiger charge is 2.18. The second-order valence-corrected chi connectivity index (χ2v) is 3.87. The molecular weight excluding hydrogens is 220 g/mol. The number of ketones is 1. The maximum absolute atomic E-state index is 11.5. The van der Waals surface area contributed by atoms with E-state index in [9.17, 15) is 14.7 Å². The summed E-state index contributed by atoms with van der Waals surface area (Å²) in [6, 6.07) is 7.22. The Balaban J connectivity index is 2.66. The Kier molecular flexibility index (Phi) is 2.59. The summed E-state index contributed by atoms with van der Waals surface area (Å²) in [5.74, 6) is -0.816. The second kappa shape index (κ2) is 3.93. The molecule has 0 radical (unpaired) electrons. The third-order valence-electron chi connectivity index (χ3n) is 2.49. The first kappa shape index (κ1) is 11.2. The number of aromatic hydroxyl groups is 1. The largest absolute Gasteiger partial charge is 0.493 e. The van der Waals surface area contributed by atoms with E-state index in [4.69, 9.17) is 0 Å². The van der Waals surface area contributed by atoms with Crippen molar-refractivity contribution in [1.29, 1.82) is 0 Å². The van der Waals surface area contributed by atoms with E-state index in [2.05, 4.69) is 5.10 Å². The lowest BCUT2D eigenvalue weighted by Crippen LogP contribution is -2.10. The van der Waals surface area contributed by atoms with E-state index in [1.54, 1.807) is 18.2 Å². The predicted molar refractivity (Wildman–Crippen MR) is 62.8 cm³/mol. The molecule has 0 saturated heterocycles. The lowest BCUT2D eigenvalue weighted by molar-refractivity contribution is 0.101. The van der Waals surface area contributed by atoms with Crippen LogP contribution < -0.4 is 5.56 Å². The Morgan fingerprint density at radius 3 is 2.65 bits per heavy atom. The van der Waals surface area contributed by atoms with Crippen LogP contribution in [0.3, 0.4) is 0 Å². The minimum atomic E-state index is -0.587. The van der Waals surface area contributed by atoms with Crippen LogP contribution in [0, 0.1) is 6.92 Å². The van der Waals surface area contributed by atoms with E-state index in [1.807, 2.05) is 13.0 Å². The van der Waals surface area contributed by atoms with Gasteiger partial charge in [0.25, 0.3) is 5.56 Å². The summed E-state index contributed by atoms with van der Waals surface area (Å²) in [5.41, 5.74) is 0.788. The molecule has 2 N–H and O–H groups in total. The molecule has 1 aromatic carbocycles. The van der Waals surface area contributed by atoms with Crippen molar-refractivity contribution in [2.75, 3.05) is 0 Å². The maximum Gasteiger partial charge on any atom is 0.279 e. The van der Waals surface area contributed by atoms with Gasteiger partial charge in [0, 0.05) is 0 Å². The Morgan fingerprint density at radius 1 is 1.41 bits per heavy atom. The molecule has 0 amide bonds. The first-order valence-corrected chi connectivity index (χ1v) is 5.12. The molecule has 1 aromatic heterocycles. The topological polar surface area (TPSA) is 75.1 Å². The summed E-state index contributed by atoms with van der Waals surface area (Å²) >= 11 is 0. The number of nitrogens with zero attached hydrogens (tertiary/aromatic N) is 1. The predicted octanol–water partition coefficient (Wildman–Crippen LogP) is 1.38. The molecule has 0 unspecified atom stereocenters. The van der Waals surface area contributed by atoms with Gasteiger partial charge in [-0.05, 0) is 31.5 Å². The molecule has 0 fully saturated rings. The number of rotatable bonds is 2. The normalized spacial score (nSPS) is 10.5. The number of aromatic amines is 1. The van der Waals surface area contributed by atoms with Gasteiger partial charge in [0.05, 0.1) is 5.69 Å². The van der Waals surface area contributed by atoms with Crippen LogP contribution in [0.2, 0.25) is 0 Å². The number of H-pyrrole nitrogens is 1. The van der Waals surface area contributed by atoms with Gasteiger partial charge in [0.1, 0.15) is 5.56 Å². The van der Waals surface area contributed by atoms with Gasteiger partial charge in [-0.3, -0.25) is 14.7 Å². The van der Waals surface area contributed by atoms with Gasteiger partial charge in [-0.15, -0.1) is 0 Å². The molecule has 0 aliphatic rings. The van der Waals surface area contributed by atoms with Crippen molar-refractivity contribution in [3.05, 3.63) is 45.7 Å². The van der Waals surface area contributed by atoms with Gasteiger partial charge in [-0.2, -0.15) is 0 Å². The summed E-state index contributed by atoms with van der Waals surface area (Å²) in [7, 11) is 0. The summed E-state index contributed by atoms with van der Waals surface area (Å²) in [6.07, 6.45) is 0. The number of benzene rings is 1. The fourth-order valence-electron chi connectivity index (χ4n) is 1.69. The van der Waals surface area contributed by atoms with Crippen molar-refractivity contribution in [2.45, 2.75) is 13.8 Å². The van der Waals surface area contributed by atoms with E-state index in [0.29, 0.717) is 5.69 Å². The zero-order valence-electron chi connectivity index (χ0n) is 9.52. The van der Waals surface area contributed by atoms with Gasteiger partial charge < -0.3 is 5.11 Å². The highest BCUT2D eigenvalue weighted by molar-refractivity contribution is 5.96. The Labute approximate surface area is 97.3 Å².